The van der Waals surface area contributed by atoms with Gasteiger partial charge in [-0.3, -0.25) is 4.79 Å². The van der Waals surface area contributed by atoms with Crippen LogP contribution in [0.15, 0.2) is 36.4 Å². The van der Waals surface area contributed by atoms with E-state index >= 15 is 0 Å². The molecule has 0 unspecified atom stereocenters. The molecule has 0 saturated heterocycles. The molecule has 2 aromatic carbocycles. The highest BCUT2D eigenvalue weighted by Gasteiger charge is 2.24. The van der Waals surface area contributed by atoms with Crippen LogP contribution in [0.1, 0.15) is 5.56 Å². The third kappa shape index (κ3) is 4.84. The summed E-state index contributed by atoms with van der Waals surface area (Å²) in [6.45, 7) is 1.95. The number of ether oxygens (including phenoxy) is 3. The van der Waals surface area contributed by atoms with Crippen molar-refractivity contribution in [3.8, 4) is 11.5 Å². The third-order valence-corrected chi connectivity index (χ3v) is 4.41. The van der Waals surface area contributed by atoms with Crippen molar-refractivity contribution in [2.75, 3.05) is 31.3 Å². The average Bonchev–Trinajstić information content (AvgIpc) is 2.64. The zero-order valence-corrected chi connectivity index (χ0v) is 16.0. The van der Waals surface area contributed by atoms with Gasteiger partial charge in [0.25, 0.3) is 5.91 Å². The smallest absolute Gasteiger partial charge is 0.344 e. The number of benzene rings is 2. The normalized spacial score (nSPS) is 12.8. The fraction of sp³-hybridized carbons (Fsp3) is 0.263. The second-order valence-corrected chi connectivity index (χ2v) is 6.73. The van der Waals surface area contributed by atoms with Gasteiger partial charge in [0.1, 0.15) is 18.1 Å². The van der Waals surface area contributed by atoms with E-state index in [1.807, 2.05) is 25.1 Å². The summed E-state index contributed by atoms with van der Waals surface area (Å²) < 4.78 is 15.9. The molecule has 2 aromatic rings. The third-order valence-electron chi connectivity index (χ3n) is 3.87. The van der Waals surface area contributed by atoms with Crippen molar-refractivity contribution in [1.82, 2.24) is 0 Å². The number of carbonyl (C=O) groups is 2. The molecule has 142 valence electrons. The van der Waals surface area contributed by atoms with Gasteiger partial charge in [-0.05, 0) is 42.8 Å². The standard InChI is InChI=1S/C19H17Cl2NO5/c1-12-2-4-17-15(8-12)22(6-7-25-17)18(23)10-27-19(24)11-26-16-5-3-13(20)9-14(16)21/h2-5,8-9H,6-7,10-11H2,1H3. The van der Waals surface area contributed by atoms with E-state index in [9.17, 15) is 9.59 Å². The number of fused-ring (bicyclic) bond motifs is 1. The van der Waals surface area contributed by atoms with Crippen molar-refractivity contribution < 1.29 is 23.8 Å². The van der Waals surface area contributed by atoms with Crippen LogP contribution in [0.25, 0.3) is 0 Å². The van der Waals surface area contributed by atoms with Crippen molar-refractivity contribution in [1.29, 1.82) is 0 Å². The quantitative estimate of drug-likeness (QED) is 0.705. The summed E-state index contributed by atoms with van der Waals surface area (Å²) in [5, 5.41) is 0.744. The number of esters is 1. The van der Waals surface area contributed by atoms with Gasteiger partial charge in [0.2, 0.25) is 0 Å². The van der Waals surface area contributed by atoms with Crippen LogP contribution in [0.5, 0.6) is 11.5 Å². The van der Waals surface area contributed by atoms with Crippen LogP contribution in [-0.2, 0) is 14.3 Å². The lowest BCUT2D eigenvalue weighted by Crippen LogP contribution is -2.40. The first-order valence-electron chi connectivity index (χ1n) is 8.21. The Kier molecular flexibility index (Phi) is 6.08. The molecule has 0 saturated carbocycles. The molecule has 0 fully saturated rings. The molecule has 1 heterocycles. The zero-order chi connectivity index (χ0) is 19.4. The molecule has 3 rings (SSSR count). The summed E-state index contributed by atoms with van der Waals surface area (Å²) in [6, 6.07) is 10.2. The molecule has 1 aliphatic heterocycles. The number of nitrogens with zero attached hydrogens (tertiary/aromatic N) is 1. The molecule has 0 radical (unpaired) electrons. The topological polar surface area (TPSA) is 65.1 Å². The minimum absolute atomic E-state index is 0.284. The first-order chi connectivity index (χ1) is 12.9. The van der Waals surface area contributed by atoms with Gasteiger partial charge < -0.3 is 19.1 Å². The highest BCUT2D eigenvalue weighted by molar-refractivity contribution is 6.35. The van der Waals surface area contributed by atoms with E-state index in [1.54, 1.807) is 17.0 Å². The lowest BCUT2D eigenvalue weighted by molar-refractivity contribution is -0.149. The lowest BCUT2D eigenvalue weighted by Gasteiger charge is -2.29. The maximum atomic E-state index is 12.5. The Balaban J connectivity index is 1.53. The molecule has 0 aliphatic carbocycles. The highest BCUT2D eigenvalue weighted by Crippen LogP contribution is 2.32. The number of amides is 1. The Hall–Kier alpha value is -2.44. The molecule has 1 amide bonds. The van der Waals surface area contributed by atoms with Gasteiger partial charge in [-0.1, -0.05) is 29.3 Å². The number of hydrogen-bond donors (Lipinski definition) is 0. The van der Waals surface area contributed by atoms with Gasteiger partial charge in [0.05, 0.1) is 17.3 Å². The van der Waals surface area contributed by atoms with Gasteiger partial charge in [-0.2, -0.15) is 0 Å². The number of aryl methyl sites for hydroxylation is 1. The van der Waals surface area contributed by atoms with Crippen molar-refractivity contribution >= 4 is 40.8 Å². The van der Waals surface area contributed by atoms with Gasteiger partial charge in [0, 0.05) is 5.02 Å². The largest absolute Gasteiger partial charge is 0.490 e. The van der Waals surface area contributed by atoms with Crippen molar-refractivity contribution in [2.24, 2.45) is 0 Å². The molecule has 0 N–H and O–H groups in total. The minimum Gasteiger partial charge on any atom is -0.490 e. The summed E-state index contributed by atoms with van der Waals surface area (Å²) in [5.74, 6) is -0.0655. The molecule has 0 aromatic heterocycles. The number of rotatable bonds is 5. The molecule has 8 heteroatoms. The molecular formula is C19H17Cl2NO5. The van der Waals surface area contributed by atoms with Gasteiger partial charge in [-0.25, -0.2) is 4.79 Å². The summed E-state index contributed by atoms with van der Waals surface area (Å²) in [5.41, 5.74) is 1.67. The van der Waals surface area contributed by atoms with Gasteiger partial charge in [-0.15, -0.1) is 0 Å². The summed E-state index contributed by atoms with van der Waals surface area (Å²) in [4.78, 5) is 25.9. The van der Waals surface area contributed by atoms with Crippen molar-refractivity contribution in [3.05, 3.63) is 52.0 Å². The Morgan fingerprint density at radius 3 is 2.74 bits per heavy atom. The second kappa shape index (κ2) is 8.50. The number of anilines is 1. The SMILES string of the molecule is Cc1ccc2c(c1)N(C(=O)COC(=O)COc1ccc(Cl)cc1Cl)CCO2. The van der Waals surface area contributed by atoms with E-state index in [-0.39, 0.29) is 24.1 Å². The summed E-state index contributed by atoms with van der Waals surface area (Å²) >= 11 is 11.8. The highest BCUT2D eigenvalue weighted by atomic mass is 35.5. The van der Waals surface area contributed by atoms with E-state index in [0.29, 0.717) is 35.4 Å². The molecular weight excluding hydrogens is 393 g/mol. The maximum absolute atomic E-state index is 12.5. The Morgan fingerprint density at radius 2 is 1.96 bits per heavy atom. The number of halogens is 2. The molecule has 27 heavy (non-hydrogen) atoms. The predicted octanol–water partition coefficient (Wildman–Crippen LogP) is 3.65. The van der Waals surface area contributed by atoms with Crippen LogP contribution >= 0.6 is 23.2 Å². The Labute approximate surface area is 166 Å². The average molecular weight is 410 g/mol. The van der Waals surface area contributed by atoms with E-state index in [0.717, 1.165) is 5.56 Å². The Morgan fingerprint density at radius 1 is 1.15 bits per heavy atom. The number of carbonyl (C=O) groups excluding carboxylic acids is 2. The van der Waals surface area contributed by atoms with Crippen LogP contribution < -0.4 is 14.4 Å². The molecule has 0 spiro atoms. The fourth-order valence-corrected chi connectivity index (χ4v) is 3.04. The predicted molar refractivity (Wildman–Crippen MR) is 102 cm³/mol. The first-order valence-corrected chi connectivity index (χ1v) is 8.97. The van der Waals surface area contributed by atoms with Crippen molar-refractivity contribution in [2.45, 2.75) is 6.92 Å². The van der Waals surface area contributed by atoms with Crippen LogP contribution in [-0.4, -0.2) is 38.2 Å². The Bertz CT molecular complexity index is 871. The molecule has 6 nitrogen and oxygen atoms in total. The van der Waals surface area contributed by atoms with Gasteiger partial charge >= 0.3 is 5.97 Å². The van der Waals surface area contributed by atoms with Crippen molar-refractivity contribution in [3.63, 3.8) is 0 Å². The lowest BCUT2D eigenvalue weighted by atomic mass is 10.1. The minimum atomic E-state index is -0.674. The number of hydrogen-bond acceptors (Lipinski definition) is 5. The summed E-state index contributed by atoms with van der Waals surface area (Å²) in [7, 11) is 0. The van der Waals surface area contributed by atoms with E-state index in [4.69, 9.17) is 37.4 Å². The zero-order valence-electron chi connectivity index (χ0n) is 14.5. The maximum Gasteiger partial charge on any atom is 0.344 e. The molecule has 0 bridgehead atoms. The van der Waals surface area contributed by atoms with E-state index in [2.05, 4.69) is 0 Å². The van der Waals surface area contributed by atoms with Crippen LogP contribution in [0.3, 0.4) is 0 Å². The van der Waals surface area contributed by atoms with E-state index in [1.165, 1.54) is 6.07 Å². The monoisotopic (exact) mass is 409 g/mol. The molecule has 1 aliphatic rings. The second-order valence-electron chi connectivity index (χ2n) is 5.89. The van der Waals surface area contributed by atoms with Gasteiger partial charge in [0.15, 0.2) is 13.2 Å². The first kappa shape index (κ1) is 19.3. The van der Waals surface area contributed by atoms with Crippen LogP contribution in [0, 0.1) is 6.92 Å². The van der Waals surface area contributed by atoms with Crippen LogP contribution in [0.4, 0.5) is 5.69 Å². The summed E-state index contributed by atoms with van der Waals surface area (Å²) in [6.07, 6.45) is 0. The fourth-order valence-electron chi connectivity index (χ4n) is 2.58. The molecule has 0 atom stereocenters. The van der Waals surface area contributed by atoms with E-state index < -0.39 is 5.97 Å². The van der Waals surface area contributed by atoms with Crippen LogP contribution in [0.2, 0.25) is 10.0 Å².